The van der Waals surface area contributed by atoms with Crippen LogP contribution in [0.5, 0.6) is 5.75 Å². The Bertz CT molecular complexity index is 863. The number of carbonyl (C=O) groups excluding carboxylic acids is 3. The van der Waals surface area contributed by atoms with Gasteiger partial charge in [0.05, 0.1) is 5.69 Å². The molecule has 1 N–H and O–H groups in total. The lowest BCUT2D eigenvalue weighted by Gasteiger charge is -2.08. The van der Waals surface area contributed by atoms with E-state index in [0.29, 0.717) is 22.6 Å². The van der Waals surface area contributed by atoms with Crippen molar-refractivity contribution in [2.75, 3.05) is 13.2 Å². The zero-order chi connectivity index (χ0) is 19.4. The second kappa shape index (κ2) is 7.99. The van der Waals surface area contributed by atoms with Crippen LogP contribution in [0.3, 0.4) is 0 Å². The molecule has 1 aromatic carbocycles. The summed E-state index contributed by atoms with van der Waals surface area (Å²) in [7, 11) is 0. The fourth-order valence-corrected chi connectivity index (χ4v) is 2.76. The second-order valence-corrected chi connectivity index (χ2v) is 6.30. The van der Waals surface area contributed by atoms with Gasteiger partial charge < -0.3 is 14.5 Å². The summed E-state index contributed by atoms with van der Waals surface area (Å²) in [6, 6.07) is 5.51. The zero-order valence-corrected chi connectivity index (χ0v) is 15.7. The Balaban J connectivity index is 1.91. The summed E-state index contributed by atoms with van der Waals surface area (Å²) in [5.41, 5.74) is 4.18. The van der Waals surface area contributed by atoms with Crippen LogP contribution in [0.25, 0.3) is 0 Å². The summed E-state index contributed by atoms with van der Waals surface area (Å²) < 4.78 is 10.4. The number of aryl methyl sites for hydroxylation is 3. The molecule has 0 aliphatic carbocycles. The Morgan fingerprint density at radius 1 is 1.00 bits per heavy atom. The number of ether oxygens (including phenoxy) is 2. The van der Waals surface area contributed by atoms with Gasteiger partial charge >= 0.3 is 5.97 Å². The van der Waals surface area contributed by atoms with E-state index in [2.05, 4.69) is 4.98 Å². The predicted molar refractivity (Wildman–Crippen MR) is 97.0 cm³/mol. The SMILES string of the molecule is CC(=O)c1c(C)[nH]c(C(=O)COC(=O)COc2ccc(C)c(C)c2)c1C. The van der Waals surface area contributed by atoms with Gasteiger partial charge in [-0.05, 0) is 63.4 Å². The van der Waals surface area contributed by atoms with E-state index in [-0.39, 0.29) is 18.1 Å². The molecule has 0 unspecified atom stereocenters. The summed E-state index contributed by atoms with van der Waals surface area (Å²) in [4.78, 5) is 38.6. The van der Waals surface area contributed by atoms with Crippen molar-refractivity contribution in [3.05, 3.63) is 51.8 Å². The molecule has 6 nitrogen and oxygen atoms in total. The first-order chi connectivity index (χ1) is 12.2. The summed E-state index contributed by atoms with van der Waals surface area (Å²) in [6.45, 7) is 8.12. The highest BCUT2D eigenvalue weighted by atomic mass is 16.6. The normalized spacial score (nSPS) is 10.5. The monoisotopic (exact) mass is 357 g/mol. The highest BCUT2D eigenvalue weighted by Gasteiger charge is 2.20. The second-order valence-electron chi connectivity index (χ2n) is 6.30. The Hall–Kier alpha value is -2.89. The maximum Gasteiger partial charge on any atom is 0.344 e. The lowest BCUT2D eigenvalue weighted by atomic mass is 10.1. The van der Waals surface area contributed by atoms with Crippen LogP contribution in [0.15, 0.2) is 18.2 Å². The molecule has 0 saturated carbocycles. The number of H-pyrrole nitrogens is 1. The molecule has 0 bridgehead atoms. The molecule has 2 rings (SSSR count). The predicted octanol–water partition coefficient (Wildman–Crippen LogP) is 3.26. The van der Waals surface area contributed by atoms with Gasteiger partial charge in [-0.25, -0.2) is 4.79 Å². The molecule has 26 heavy (non-hydrogen) atoms. The fraction of sp³-hybridized carbons (Fsp3) is 0.350. The number of hydrogen-bond acceptors (Lipinski definition) is 5. The first-order valence-electron chi connectivity index (χ1n) is 8.29. The van der Waals surface area contributed by atoms with Gasteiger partial charge in [0.2, 0.25) is 5.78 Å². The number of rotatable bonds is 7. The molecule has 0 amide bonds. The standard InChI is InChI=1S/C20H23NO5/c1-11-6-7-16(8-12(11)2)25-10-18(24)26-9-17(23)20-13(3)19(15(5)22)14(4)21-20/h6-8,21H,9-10H2,1-5H3. The maximum atomic E-state index is 12.3. The van der Waals surface area contributed by atoms with Gasteiger partial charge in [0, 0.05) is 11.3 Å². The molecule has 0 atom stereocenters. The van der Waals surface area contributed by atoms with E-state index in [1.807, 2.05) is 26.0 Å². The van der Waals surface area contributed by atoms with Crippen molar-refractivity contribution in [3.63, 3.8) is 0 Å². The largest absolute Gasteiger partial charge is 0.482 e. The third-order valence-electron chi connectivity index (χ3n) is 4.27. The van der Waals surface area contributed by atoms with Crippen LogP contribution in [-0.2, 0) is 9.53 Å². The minimum atomic E-state index is -0.635. The number of benzene rings is 1. The average Bonchev–Trinajstić information content (AvgIpc) is 2.88. The number of hydrogen-bond donors (Lipinski definition) is 1. The molecule has 6 heteroatoms. The molecule has 138 valence electrons. The lowest BCUT2D eigenvalue weighted by molar-refractivity contribution is -0.144. The van der Waals surface area contributed by atoms with E-state index >= 15 is 0 Å². The van der Waals surface area contributed by atoms with Crippen molar-refractivity contribution in [1.82, 2.24) is 4.98 Å². The van der Waals surface area contributed by atoms with Crippen molar-refractivity contribution < 1.29 is 23.9 Å². The number of esters is 1. The van der Waals surface area contributed by atoms with E-state index in [0.717, 1.165) is 11.1 Å². The van der Waals surface area contributed by atoms with Gasteiger partial charge in [0.25, 0.3) is 0 Å². The van der Waals surface area contributed by atoms with E-state index in [9.17, 15) is 14.4 Å². The number of nitrogens with one attached hydrogen (secondary N) is 1. The van der Waals surface area contributed by atoms with Crippen LogP contribution >= 0.6 is 0 Å². The molecule has 2 aromatic rings. The maximum absolute atomic E-state index is 12.3. The Kier molecular flexibility index (Phi) is 5.97. The molecule has 0 aliphatic heterocycles. The number of aromatic nitrogens is 1. The van der Waals surface area contributed by atoms with Crippen LogP contribution in [0.1, 0.15) is 50.2 Å². The van der Waals surface area contributed by atoms with Gasteiger partial charge in [-0.15, -0.1) is 0 Å². The third kappa shape index (κ3) is 4.39. The molecule has 1 heterocycles. The smallest absolute Gasteiger partial charge is 0.344 e. The highest BCUT2D eigenvalue weighted by molar-refractivity contribution is 6.04. The number of aromatic amines is 1. The zero-order valence-electron chi connectivity index (χ0n) is 15.7. The van der Waals surface area contributed by atoms with Gasteiger partial charge in [0.15, 0.2) is 19.0 Å². The first kappa shape index (κ1) is 19.4. The van der Waals surface area contributed by atoms with Crippen molar-refractivity contribution in [3.8, 4) is 5.75 Å². The molecule has 0 radical (unpaired) electrons. The van der Waals surface area contributed by atoms with Gasteiger partial charge in [0.1, 0.15) is 5.75 Å². The first-order valence-corrected chi connectivity index (χ1v) is 8.29. The van der Waals surface area contributed by atoms with Crippen molar-refractivity contribution in [2.24, 2.45) is 0 Å². The van der Waals surface area contributed by atoms with Crippen LogP contribution in [-0.4, -0.2) is 35.7 Å². The van der Waals surface area contributed by atoms with Gasteiger partial charge in [-0.1, -0.05) is 6.07 Å². The minimum absolute atomic E-state index is 0.117. The molecule has 0 aliphatic rings. The van der Waals surface area contributed by atoms with Crippen LogP contribution < -0.4 is 4.74 Å². The van der Waals surface area contributed by atoms with Crippen LogP contribution in [0, 0.1) is 27.7 Å². The fourth-order valence-electron chi connectivity index (χ4n) is 2.76. The molecule has 0 saturated heterocycles. The third-order valence-corrected chi connectivity index (χ3v) is 4.27. The van der Waals surface area contributed by atoms with Crippen LogP contribution in [0.4, 0.5) is 0 Å². The molecule has 0 fully saturated rings. The number of Topliss-reactive ketones (excluding diaryl/α,β-unsaturated/α-hetero) is 2. The Morgan fingerprint density at radius 3 is 2.27 bits per heavy atom. The molecular weight excluding hydrogens is 334 g/mol. The topological polar surface area (TPSA) is 85.5 Å². The van der Waals surface area contributed by atoms with Crippen molar-refractivity contribution in [1.29, 1.82) is 0 Å². The molecule has 1 aromatic heterocycles. The Labute approximate surface area is 152 Å². The Morgan fingerprint density at radius 2 is 1.69 bits per heavy atom. The van der Waals surface area contributed by atoms with Gasteiger partial charge in [-0.3, -0.25) is 9.59 Å². The van der Waals surface area contributed by atoms with Crippen molar-refractivity contribution >= 4 is 17.5 Å². The summed E-state index contributed by atoms with van der Waals surface area (Å²) in [5, 5.41) is 0. The van der Waals surface area contributed by atoms with E-state index in [1.54, 1.807) is 19.9 Å². The molecular formula is C20H23NO5. The number of ketones is 2. The summed E-state index contributed by atoms with van der Waals surface area (Å²) in [6.07, 6.45) is 0. The van der Waals surface area contributed by atoms with E-state index in [4.69, 9.17) is 9.47 Å². The van der Waals surface area contributed by atoms with E-state index < -0.39 is 18.4 Å². The minimum Gasteiger partial charge on any atom is -0.482 e. The average molecular weight is 357 g/mol. The lowest BCUT2D eigenvalue weighted by Crippen LogP contribution is -2.20. The molecule has 0 spiro atoms. The van der Waals surface area contributed by atoms with E-state index in [1.165, 1.54) is 6.92 Å². The quantitative estimate of drug-likeness (QED) is 0.607. The highest BCUT2D eigenvalue weighted by Crippen LogP contribution is 2.19. The summed E-state index contributed by atoms with van der Waals surface area (Å²) >= 11 is 0. The van der Waals surface area contributed by atoms with Gasteiger partial charge in [-0.2, -0.15) is 0 Å². The van der Waals surface area contributed by atoms with Crippen molar-refractivity contribution in [2.45, 2.75) is 34.6 Å². The van der Waals surface area contributed by atoms with Crippen LogP contribution in [0.2, 0.25) is 0 Å². The summed E-state index contributed by atoms with van der Waals surface area (Å²) in [5.74, 6) is -0.575. The number of carbonyl (C=O) groups is 3.